The molecule has 2 aromatic carbocycles. The lowest BCUT2D eigenvalue weighted by Gasteiger charge is -2.29. The molecule has 2 heterocycles. The number of morpholine rings is 1. The average Bonchev–Trinajstić information content (AvgIpc) is 2.98. The number of ether oxygens (including phenoxy) is 2. The average molecular weight is 398 g/mol. The van der Waals surface area contributed by atoms with Gasteiger partial charge in [-0.2, -0.15) is 0 Å². The molecule has 0 spiro atoms. The fourth-order valence-corrected chi connectivity index (χ4v) is 4.04. The van der Waals surface area contributed by atoms with Gasteiger partial charge in [0.05, 0.1) is 26.0 Å². The topological polar surface area (TPSA) is 54.0 Å². The van der Waals surface area contributed by atoms with Crippen LogP contribution in [0.4, 0.5) is 11.4 Å². The minimum Gasteiger partial charge on any atom is -0.497 e. The summed E-state index contributed by atoms with van der Waals surface area (Å²) < 4.78 is 10.7. The van der Waals surface area contributed by atoms with Crippen molar-refractivity contribution < 1.29 is 14.3 Å². The van der Waals surface area contributed by atoms with Crippen LogP contribution in [0.3, 0.4) is 0 Å². The van der Waals surface area contributed by atoms with E-state index < -0.39 is 5.54 Å². The molecular weight excluding hydrogens is 374 g/mol. The Labute approximate surface area is 170 Å². The van der Waals surface area contributed by atoms with Crippen LogP contribution < -0.4 is 19.9 Å². The SMILES string of the molecule is COc1cccc(N2C(=O)C(C)(c3ccc(N4CCOCC4)cc3)NC2=S)c1. The van der Waals surface area contributed by atoms with E-state index in [2.05, 4.69) is 22.3 Å². The van der Waals surface area contributed by atoms with E-state index >= 15 is 0 Å². The standard InChI is InChI=1S/C21H23N3O3S/c1-21(15-6-8-16(9-7-15)23-10-12-27-13-11-23)19(25)24(20(28)22-21)17-4-3-5-18(14-17)26-2/h3-9,14H,10-13H2,1-2H3,(H,22,28). The molecule has 146 valence electrons. The molecule has 1 amide bonds. The first kappa shape index (κ1) is 18.7. The first-order valence-corrected chi connectivity index (χ1v) is 9.68. The third kappa shape index (κ3) is 3.21. The molecule has 0 bridgehead atoms. The molecule has 7 heteroatoms. The van der Waals surface area contributed by atoms with Gasteiger partial charge in [-0.25, -0.2) is 0 Å². The molecule has 28 heavy (non-hydrogen) atoms. The molecular formula is C21H23N3O3S. The highest BCUT2D eigenvalue weighted by Crippen LogP contribution is 2.34. The van der Waals surface area contributed by atoms with Gasteiger partial charge < -0.3 is 19.7 Å². The monoisotopic (exact) mass is 397 g/mol. The summed E-state index contributed by atoms with van der Waals surface area (Å²) in [6.07, 6.45) is 0. The second kappa shape index (κ2) is 7.41. The fourth-order valence-electron chi connectivity index (χ4n) is 3.65. The van der Waals surface area contributed by atoms with E-state index in [4.69, 9.17) is 21.7 Å². The number of carbonyl (C=O) groups excluding carboxylic acids is 1. The highest BCUT2D eigenvalue weighted by molar-refractivity contribution is 7.80. The minimum absolute atomic E-state index is 0.107. The number of nitrogens with zero attached hydrogens (tertiary/aromatic N) is 2. The van der Waals surface area contributed by atoms with Crippen LogP contribution in [0.15, 0.2) is 48.5 Å². The van der Waals surface area contributed by atoms with Crippen molar-refractivity contribution in [3.05, 3.63) is 54.1 Å². The summed E-state index contributed by atoms with van der Waals surface area (Å²) in [5.41, 5.74) is 1.79. The Morgan fingerprint density at radius 1 is 1.11 bits per heavy atom. The Hall–Kier alpha value is -2.64. The van der Waals surface area contributed by atoms with Crippen LogP contribution in [-0.4, -0.2) is 44.4 Å². The van der Waals surface area contributed by atoms with Gasteiger partial charge in [0.2, 0.25) is 0 Å². The molecule has 4 rings (SSSR count). The van der Waals surface area contributed by atoms with Crippen LogP contribution in [0.5, 0.6) is 5.75 Å². The van der Waals surface area contributed by atoms with E-state index in [-0.39, 0.29) is 5.91 Å². The molecule has 0 aliphatic carbocycles. The maximum Gasteiger partial charge on any atom is 0.263 e. The van der Waals surface area contributed by atoms with Gasteiger partial charge in [0, 0.05) is 24.8 Å². The number of hydrogen-bond acceptors (Lipinski definition) is 5. The summed E-state index contributed by atoms with van der Waals surface area (Å²) in [6.45, 7) is 5.10. The Morgan fingerprint density at radius 3 is 2.50 bits per heavy atom. The Morgan fingerprint density at radius 2 is 1.82 bits per heavy atom. The van der Waals surface area contributed by atoms with Crippen molar-refractivity contribution in [1.29, 1.82) is 0 Å². The zero-order valence-corrected chi connectivity index (χ0v) is 16.8. The molecule has 1 atom stereocenters. The molecule has 0 aromatic heterocycles. The summed E-state index contributed by atoms with van der Waals surface area (Å²) >= 11 is 5.49. The van der Waals surface area contributed by atoms with Crippen molar-refractivity contribution in [2.75, 3.05) is 43.2 Å². The number of hydrogen-bond donors (Lipinski definition) is 1. The summed E-state index contributed by atoms with van der Waals surface area (Å²) in [5, 5.41) is 3.60. The van der Waals surface area contributed by atoms with Crippen molar-refractivity contribution in [3.8, 4) is 5.75 Å². The van der Waals surface area contributed by atoms with E-state index in [0.29, 0.717) is 16.5 Å². The molecule has 2 aliphatic heterocycles. The van der Waals surface area contributed by atoms with Crippen LogP contribution in [0.25, 0.3) is 0 Å². The minimum atomic E-state index is -0.913. The van der Waals surface area contributed by atoms with Gasteiger partial charge in [-0.1, -0.05) is 18.2 Å². The first-order valence-electron chi connectivity index (χ1n) is 9.27. The predicted molar refractivity (Wildman–Crippen MR) is 113 cm³/mol. The van der Waals surface area contributed by atoms with Crippen molar-refractivity contribution in [3.63, 3.8) is 0 Å². The van der Waals surface area contributed by atoms with Crippen LogP contribution >= 0.6 is 12.2 Å². The zero-order valence-electron chi connectivity index (χ0n) is 16.0. The molecule has 1 N–H and O–H groups in total. The maximum absolute atomic E-state index is 13.3. The number of anilines is 2. The van der Waals surface area contributed by atoms with E-state index in [1.54, 1.807) is 13.2 Å². The van der Waals surface area contributed by atoms with Gasteiger partial charge in [-0.05, 0) is 49.0 Å². The summed E-state index contributed by atoms with van der Waals surface area (Å²) in [6, 6.07) is 15.4. The molecule has 2 saturated heterocycles. The Bertz CT molecular complexity index is 896. The second-order valence-electron chi connectivity index (χ2n) is 7.04. The lowest BCUT2D eigenvalue weighted by molar-refractivity contribution is -0.121. The van der Waals surface area contributed by atoms with Crippen LogP contribution in [0, 0.1) is 0 Å². The van der Waals surface area contributed by atoms with Gasteiger partial charge in [0.25, 0.3) is 5.91 Å². The van der Waals surface area contributed by atoms with Crippen LogP contribution in [0.2, 0.25) is 0 Å². The molecule has 2 aromatic rings. The van der Waals surface area contributed by atoms with Gasteiger partial charge >= 0.3 is 0 Å². The molecule has 0 saturated carbocycles. The number of amides is 1. The third-order valence-electron chi connectivity index (χ3n) is 5.32. The van der Waals surface area contributed by atoms with Crippen molar-refractivity contribution >= 4 is 34.6 Å². The van der Waals surface area contributed by atoms with E-state index in [0.717, 1.165) is 37.6 Å². The lowest BCUT2D eigenvalue weighted by atomic mass is 9.91. The van der Waals surface area contributed by atoms with E-state index in [1.807, 2.05) is 37.3 Å². The number of nitrogens with one attached hydrogen (secondary N) is 1. The third-order valence-corrected chi connectivity index (χ3v) is 5.61. The van der Waals surface area contributed by atoms with Crippen LogP contribution in [-0.2, 0) is 15.1 Å². The van der Waals surface area contributed by atoms with E-state index in [9.17, 15) is 4.79 Å². The van der Waals surface area contributed by atoms with Crippen molar-refractivity contribution in [2.24, 2.45) is 0 Å². The number of methoxy groups -OCH3 is 1. The quantitative estimate of drug-likeness (QED) is 0.801. The Balaban J connectivity index is 1.60. The smallest absolute Gasteiger partial charge is 0.263 e. The number of thiocarbonyl (C=S) groups is 1. The summed E-state index contributed by atoms with van der Waals surface area (Å²) in [5.74, 6) is 0.571. The lowest BCUT2D eigenvalue weighted by Crippen LogP contribution is -2.41. The highest BCUT2D eigenvalue weighted by atomic mass is 32.1. The van der Waals surface area contributed by atoms with Crippen molar-refractivity contribution in [2.45, 2.75) is 12.5 Å². The molecule has 2 aliphatic rings. The van der Waals surface area contributed by atoms with Crippen LogP contribution in [0.1, 0.15) is 12.5 Å². The van der Waals surface area contributed by atoms with Gasteiger partial charge in [0.15, 0.2) is 5.11 Å². The first-order chi connectivity index (χ1) is 13.5. The van der Waals surface area contributed by atoms with E-state index in [1.165, 1.54) is 4.90 Å². The second-order valence-corrected chi connectivity index (χ2v) is 7.43. The molecule has 2 fully saturated rings. The number of benzene rings is 2. The fraction of sp³-hybridized carbons (Fsp3) is 0.333. The Kier molecular flexibility index (Phi) is 4.95. The highest BCUT2D eigenvalue weighted by Gasteiger charge is 2.47. The van der Waals surface area contributed by atoms with Gasteiger partial charge in [-0.15, -0.1) is 0 Å². The molecule has 6 nitrogen and oxygen atoms in total. The summed E-state index contributed by atoms with van der Waals surface area (Å²) in [4.78, 5) is 17.2. The van der Waals surface area contributed by atoms with Gasteiger partial charge in [-0.3, -0.25) is 9.69 Å². The zero-order chi connectivity index (χ0) is 19.7. The maximum atomic E-state index is 13.3. The summed E-state index contributed by atoms with van der Waals surface area (Å²) in [7, 11) is 1.60. The predicted octanol–water partition coefficient (Wildman–Crippen LogP) is 2.67. The van der Waals surface area contributed by atoms with Gasteiger partial charge in [0.1, 0.15) is 11.3 Å². The largest absolute Gasteiger partial charge is 0.497 e. The number of rotatable bonds is 4. The molecule has 1 unspecified atom stereocenters. The normalized spacial score (nSPS) is 22.4. The number of carbonyl (C=O) groups is 1. The van der Waals surface area contributed by atoms with Crippen molar-refractivity contribution in [1.82, 2.24) is 5.32 Å². The molecule has 0 radical (unpaired) electrons.